The molecule has 49 valence electrons. The van der Waals surface area contributed by atoms with Crippen LogP contribution in [0.5, 0.6) is 0 Å². The molecule has 0 N–H and O–H groups in total. The minimum Gasteiger partial charge on any atom is -0.297 e. The summed E-state index contributed by atoms with van der Waals surface area (Å²) in [6.45, 7) is 1.96. The minimum absolute atomic E-state index is 0.975. The van der Waals surface area contributed by atoms with Crippen molar-refractivity contribution in [1.82, 2.24) is 9.38 Å². The fourth-order valence-electron chi connectivity index (χ4n) is 1.04. The van der Waals surface area contributed by atoms with E-state index in [9.17, 15) is 0 Å². The van der Waals surface area contributed by atoms with E-state index in [0.29, 0.717) is 0 Å². The van der Waals surface area contributed by atoms with Gasteiger partial charge in [0.2, 0.25) is 0 Å². The van der Waals surface area contributed by atoms with Gasteiger partial charge in [-0.15, -0.1) is 0 Å². The van der Waals surface area contributed by atoms with Crippen LogP contribution in [0.3, 0.4) is 0 Å². The molecule has 0 aliphatic carbocycles. The summed E-state index contributed by atoms with van der Waals surface area (Å²) in [6, 6.07) is 5.86. The first-order chi connectivity index (χ1) is 4.88. The van der Waals surface area contributed by atoms with E-state index in [2.05, 4.69) is 11.2 Å². The monoisotopic (exact) mass is 131 g/mol. The first kappa shape index (κ1) is 5.47. The number of fused-ring (bicyclic) bond motifs is 1. The zero-order valence-corrected chi connectivity index (χ0v) is 5.70. The van der Waals surface area contributed by atoms with Crippen LogP contribution in [0.15, 0.2) is 24.4 Å². The third kappa shape index (κ3) is 0.620. The maximum atomic E-state index is 4.11. The Hall–Kier alpha value is -1.31. The van der Waals surface area contributed by atoms with E-state index in [4.69, 9.17) is 0 Å². The molecule has 0 atom stereocenters. The van der Waals surface area contributed by atoms with E-state index in [1.54, 1.807) is 6.20 Å². The topological polar surface area (TPSA) is 17.3 Å². The van der Waals surface area contributed by atoms with Gasteiger partial charge in [-0.2, -0.15) is 0 Å². The molecule has 2 nitrogen and oxygen atoms in total. The molecule has 2 heteroatoms. The van der Waals surface area contributed by atoms with Gasteiger partial charge in [0, 0.05) is 11.7 Å². The Kier molecular flexibility index (Phi) is 1.01. The summed E-state index contributed by atoms with van der Waals surface area (Å²) in [7, 11) is 0. The van der Waals surface area contributed by atoms with E-state index in [1.807, 2.05) is 29.5 Å². The van der Waals surface area contributed by atoms with Gasteiger partial charge in [-0.05, 0) is 25.1 Å². The van der Waals surface area contributed by atoms with Crippen molar-refractivity contribution in [1.29, 1.82) is 0 Å². The van der Waals surface area contributed by atoms with Crippen LogP contribution in [0.1, 0.15) is 5.82 Å². The molecule has 0 aromatic carbocycles. The van der Waals surface area contributed by atoms with Gasteiger partial charge in [0.05, 0.1) is 6.20 Å². The third-order valence-corrected chi connectivity index (χ3v) is 1.55. The lowest BCUT2D eigenvalue weighted by molar-refractivity contribution is 0.988. The molecule has 0 bridgehead atoms. The molecule has 0 spiro atoms. The van der Waals surface area contributed by atoms with Crippen molar-refractivity contribution in [3.05, 3.63) is 36.4 Å². The van der Waals surface area contributed by atoms with E-state index in [0.717, 1.165) is 11.3 Å². The van der Waals surface area contributed by atoms with Crippen molar-refractivity contribution in [2.75, 3.05) is 0 Å². The van der Waals surface area contributed by atoms with Crippen LogP contribution in [0.2, 0.25) is 0 Å². The number of rotatable bonds is 0. The Balaban J connectivity index is 2.95. The van der Waals surface area contributed by atoms with Crippen molar-refractivity contribution >= 4 is 5.52 Å². The molecule has 10 heavy (non-hydrogen) atoms. The zero-order valence-electron chi connectivity index (χ0n) is 5.70. The highest BCUT2D eigenvalue weighted by Crippen LogP contribution is 2.03. The van der Waals surface area contributed by atoms with Gasteiger partial charge in [-0.25, -0.2) is 4.98 Å². The van der Waals surface area contributed by atoms with Gasteiger partial charge in [0.25, 0.3) is 0 Å². The lowest BCUT2D eigenvalue weighted by Gasteiger charge is -1.95. The first-order valence-corrected chi connectivity index (χ1v) is 3.19. The predicted molar refractivity (Wildman–Crippen MR) is 38.8 cm³/mol. The first-order valence-electron chi connectivity index (χ1n) is 3.19. The van der Waals surface area contributed by atoms with Crippen LogP contribution in [-0.4, -0.2) is 9.38 Å². The summed E-state index contributed by atoms with van der Waals surface area (Å²) >= 11 is 0. The SMILES string of the molecule is Cc1nccc2cc[c]n12. The smallest absolute Gasteiger partial charge is 0.110 e. The van der Waals surface area contributed by atoms with Crippen LogP contribution in [0.4, 0.5) is 0 Å². The summed E-state index contributed by atoms with van der Waals surface area (Å²) in [5, 5.41) is 0. The molecule has 2 aromatic rings. The number of nitrogens with zero attached hydrogens (tertiary/aromatic N) is 2. The highest BCUT2D eigenvalue weighted by Gasteiger charge is 1.92. The van der Waals surface area contributed by atoms with Crippen molar-refractivity contribution < 1.29 is 0 Å². The van der Waals surface area contributed by atoms with Gasteiger partial charge in [-0.3, -0.25) is 4.40 Å². The highest BCUT2D eigenvalue weighted by molar-refractivity contribution is 5.46. The molecule has 0 saturated heterocycles. The molecule has 0 unspecified atom stereocenters. The Labute approximate surface area is 59.1 Å². The average Bonchev–Trinajstić information content (AvgIpc) is 2.36. The summed E-state index contributed by atoms with van der Waals surface area (Å²) in [5.74, 6) is 0.975. The quantitative estimate of drug-likeness (QED) is 0.529. The molecule has 2 aromatic heterocycles. The van der Waals surface area contributed by atoms with Crippen LogP contribution in [0.25, 0.3) is 5.52 Å². The van der Waals surface area contributed by atoms with Crippen LogP contribution < -0.4 is 0 Å². The summed E-state index contributed by atoms with van der Waals surface area (Å²) in [6.07, 6.45) is 4.85. The second kappa shape index (κ2) is 1.84. The molecule has 0 aliphatic heterocycles. The largest absolute Gasteiger partial charge is 0.297 e. The number of hydrogen-bond acceptors (Lipinski definition) is 1. The second-order valence-corrected chi connectivity index (χ2v) is 2.21. The van der Waals surface area contributed by atoms with Crippen LogP contribution >= 0.6 is 0 Å². The second-order valence-electron chi connectivity index (χ2n) is 2.21. The molecule has 0 amide bonds. The molecule has 0 fully saturated rings. The van der Waals surface area contributed by atoms with Crippen LogP contribution in [0, 0.1) is 13.1 Å². The van der Waals surface area contributed by atoms with E-state index in [-0.39, 0.29) is 0 Å². The Bertz CT molecular complexity index is 349. The summed E-state index contributed by atoms with van der Waals surface area (Å²) in [5.41, 5.74) is 1.15. The molecule has 2 rings (SSSR count). The van der Waals surface area contributed by atoms with Gasteiger partial charge < -0.3 is 0 Å². The summed E-state index contributed by atoms with van der Waals surface area (Å²) in [4.78, 5) is 4.11. The van der Waals surface area contributed by atoms with E-state index < -0.39 is 0 Å². The Morgan fingerprint density at radius 2 is 2.40 bits per heavy atom. The third-order valence-electron chi connectivity index (χ3n) is 1.55. The Morgan fingerprint density at radius 3 is 3.20 bits per heavy atom. The average molecular weight is 131 g/mol. The number of aromatic nitrogens is 2. The summed E-state index contributed by atoms with van der Waals surface area (Å²) < 4.78 is 1.93. The fourth-order valence-corrected chi connectivity index (χ4v) is 1.04. The highest BCUT2D eigenvalue weighted by atomic mass is 15.0. The van der Waals surface area contributed by atoms with Crippen molar-refractivity contribution in [3.8, 4) is 0 Å². The molecular weight excluding hydrogens is 124 g/mol. The van der Waals surface area contributed by atoms with Crippen molar-refractivity contribution in [2.24, 2.45) is 0 Å². The maximum absolute atomic E-state index is 4.11. The van der Waals surface area contributed by atoms with E-state index >= 15 is 0 Å². The standard InChI is InChI=1S/C8H7N2/c1-7-9-5-4-8-3-2-6-10(7)8/h2-5H,1H3. The van der Waals surface area contributed by atoms with Gasteiger partial charge in [0.15, 0.2) is 0 Å². The van der Waals surface area contributed by atoms with Crippen molar-refractivity contribution in [3.63, 3.8) is 0 Å². The molecule has 2 heterocycles. The van der Waals surface area contributed by atoms with Gasteiger partial charge in [-0.1, -0.05) is 0 Å². The zero-order chi connectivity index (χ0) is 6.97. The maximum Gasteiger partial charge on any atom is 0.110 e. The fraction of sp³-hybridized carbons (Fsp3) is 0.125. The normalized spacial score (nSPS) is 10.5. The lowest BCUT2D eigenvalue weighted by Crippen LogP contribution is -1.90. The Morgan fingerprint density at radius 1 is 1.50 bits per heavy atom. The van der Waals surface area contributed by atoms with Gasteiger partial charge in [0.1, 0.15) is 5.82 Å². The van der Waals surface area contributed by atoms with Crippen molar-refractivity contribution in [2.45, 2.75) is 6.92 Å². The molecule has 0 aliphatic rings. The molecular formula is C8H7N2. The molecule has 0 saturated carbocycles. The number of aryl methyl sites for hydroxylation is 1. The number of hydrogen-bond donors (Lipinski definition) is 0. The predicted octanol–water partition coefficient (Wildman–Crippen LogP) is 1.44. The lowest BCUT2D eigenvalue weighted by atomic mass is 10.5. The van der Waals surface area contributed by atoms with Crippen LogP contribution in [-0.2, 0) is 0 Å². The van der Waals surface area contributed by atoms with Gasteiger partial charge >= 0.3 is 0 Å². The molecule has 1 radical (unpaired) electrons. The minimum atomic E-state index is 0.975. The van der Waals surface area contributed by atoms with E-state index in [1.165, 1.54) is 0 Å².